The lowest BCUT2D eigenvalue weighted by atomic mass is 10.0. The molecule has 0 bridgehead atoms. The first kappa shape index (κ1) is 12.7. The Kier molecular flexibility index (Phi) is 4.68. The summed E-state index contributed by atoms with van der Waals surface area (Å²) in [4.78, 5) is 0. The van der Waals surface area contributed by atoms with Gasteiger partial charge in [0.15, 0.2) is 12.5 Å². The Labute approximate surface area is 73.5 Å². The molecular weight excluding hydrogens is 187 g/mol. The quantitative estimate of drug-likeness (QED) is 0.358. The predicted octanol–water partition coefficient (Wildman–Crippen LogP) is -3.07. The van der Waals surface area contributed by atoms with Gasteiger partial charge in [0.05, 0.1) is 6.61 Å². The molecular formula is C6H13FO6. The van der Waals surface area contributed by atoms with Gasteiger partial charge in [-0.3, -0.25) is 0 Å². The first-order valence-electron chi connectivity index (χ1n) is 3.52. The van der Waals surface area contributed by atoms with E-state index in [-0.39, 0.29) is 5.48 Å². The zero-order valence-corrected chi connectivity index (χ0v) is 6.67. The van der Waals surface area contributed by atoms with Gasteiger partial charge in [0.2, 0.25) is 0 Å². The minimum Gasteiger partial charge on any atom is -0.412 e. The van der Waals surface area contributed by atoms with Crippen LogP contribution in [-0.4, -0.2) is 63.3 Å². The van der Waals surface area contributed by atoms with E-state index in [1.807, 2.05) is 0 Å². The summed E-state index contributed by atoms with van der Waals surface area (Å²) in [6.45, 7) is -0.581. The van der Waals surface area contributed by atoms with Gasteiger partial charge in [0, 0.05) is 0 Å². The highest BCUT2D eigenvalue weighted by atomic mass is 19.1. The van der Waals surface area contributed by atoms with Crippen LogP contribution in [0.5, 0.6) is 0 Å². The van der Waals surface area contributed by atoms with E-state index < -0.39 is 37.4 Å². The molecule has 5 atom stereocenters. The van der Waals surface area contributed by atoms with Gasteiger partial charge >= 0.3 is 0 Å². The maximum atomic E-state index is 12.7. The van der Waals surface area contributed by atoms with E-state index >= 15 is 0 Å². The Morgan fingerprint density at radius 1 is 1.15 bits per heavy atom. The molecule has 0 aromatic carbocycles. The molecule has 7 heteroatoms. The minimum atomic E-state index is -2.04. The smallest absolute Gasteiger partial charge is 0.189 e. The Hall–Kier alpha value is -0.310. The number of halogens is 1. The summed E-state index contributed by atoms with van der Waals surface area (Å²) in [5.74, 6) is 0. The predicted molar refractivity (Wildman–Crippen MR) is 38.5 cm³/mol. The molecule has 0 spiro atoms. The molecule has 0 radical (unpaired) electrons. The standard InChI is InChI=1S/C6H11FO5.H2O/c7-3-5(10)4(9)2(1-8)12-6(3)11;/h2-6,8-11H,1H2;1H2/t2-,3-,4-,5-,6+;/m1./s1. The molecule has 0 aliphatic carbocycles. The van der Waals surface area contributed by atoms with E-state index in [1.54, 1.807) is 0 Å². The molecule has 6 N–H and O–H groups in total. The average Bonchev–Trinajstić information content (AvgIpc) is 2.08. The second-order valence-electron chi connectivity index (χ2n) is 2.67. The minimum absolute atomic E-state index is 0. The van der Waals surface area contributed by atoms with Crippen molar-refractivity contribution in [3.05, 3.63) is 0 Å². The lowest BCUT2D eigenvalue weighted by Gasteiger charge is -2.36. The molecule has 0 amide bonds. The van der Waals surface area contributed by atoms with Crippen molar-refractivity contribution in [3.63, 3.8) is 0 Å². The van der Waals surface area contributed by atoms with Gasteiger partial charge < -0.3 is 30.6 Å². The fourth-order valence-corrected chi connectivity index (χ4v) is 1.06. The molecule has 1 heterocycles. The summed E-state index contributed by atoms with van der Waals surface area (Å²) in [7, 11) is 0. The second kappa shape index (κ2) is 4.80. The van der Waals surface area contributed by atoms with E-state index in [9.17, 15) is 4.39 Å². The van der Waals surface area contributed by atoms with Crippen LogP contribution < -0.4 is 0 Å². The van der Waals surface area contributed by atoms with Crippen LogP contribution in [0.1, 0.15) is 0 Å². The highest BCUT2D eigenvalue weighted by molar-refractivity contribution is 4.88. The largest absolute Gasteiger partial charge is 0.412 e. The summed E-state index contributed by atoms with van der Waals surface area (Å²) in [6, 6.07) is 0. The fraction of sp³-hybridized carbons (Fsp3) is 1.00. The fourth-order valence-electron chi connectivity index (χ4n) is 1.06. The van der Waals surface area contributed by atoms with E-state index in [0.717, 1.165) is 0 Å². The van der Waals surface area contributed by atoms with Crippen LogP contribution in [0.4, 0.5) is 4.39 Å². The normalized spacial score (nSPS) is 45.5. The molecule has 1 rings (SSSR count). The molecule has 1 saturated heterocycles. The molecule has 1 fully saturated rings. The Bertz CT molecular complexity index is 151. The summed E-state index contributed by atoms with van der Waals surface area (Å²) >= 11 is 0. The van der Waals surface area contributed by atoms with Gasteiger partial charge in [-0.1, -0.05) is 0 Å². The van der Waals surface area contributed by atoms with Gasteiger partial charge in [-0.2, -0.15) is 0 Å². The third-order valence-electron chi connectivity index (χ3n) is 1.82. The van der Waals surface area contributed by atoms with E-state index in [0.29, 0.717) is 0 Å². The lowest BCUT2D eigenvalue weighted by molar-refractivity contribution is -0.271. The van der Waals surface area contributed by atoms with E-state index in [4.69, 9.17) is 20.4 Å². The molecule has 80 valence electrons. The molecule has 13 heavy (non-hydrogen) atoms. The van der Waals surface area contributed by atoms with Crippen molar-refractivity contribution in [1.82, 2.24) is 0 Å². The van der Waals surface area contributed by atoms with Crippen LogP contribution in [0, 0.1) is 0 Å². The number of ether oxygens (including phenoxy) is 1. The molecule has 0 unspecified atom stereocenters. The number of rotatable bonds is 1. The summed E-state index contributed by atoms with van der Waals surface area (Å²) < 4.78 is 17.1. The average molecular weight is 200 g/mol. The van der Waals surface area contributed by atoms with Crippen molar-refractivity contribution in [1.29, 1.82) is 0 Å². The van der Waals surface area contributed by atoms with Crippen molar-refractivity contribution in [3.8, 4) is 0 Å². The zero-order valence-electron chi connectivity index (χ0n) is 6.67. The van der Waals surface area contributed by atoms with Gasteiger partial charge in [-0.05, 0) is 0 Å². The second-order valence-corrected chi connectivity index (χ2v) is 2.67. The molecule has 6 nitrogen and oxygen atoms in total. The molecule has 0 aromatic heterocycles. The van der Waals surface area contributed by atoms with Crippen LogP contribution in [-0.2, 0) is 4.74 Å². The molecule has 1 aliphatic heterocycles. The van der Waals surface area contributed by atoms with Crippen molar-refractivity contribution in [2.24, 2.45) is 0 Å². The number of aliphatic hydroxyl groups excluding tert-OH is 4. The molecule has 1 aliphatic rings. The van der Waals surface area contributed by atoms with Gasteiger partial charge in [0.25, 0.3) is 0 Å². The van der Waals surface area contributed by atoms with Gasteiger partial charge in [-0.25, -0.2) is 4.39 Å². The maximum Gasteiger partial charge on any atom is 0.189 e. The first-order valence-corrected chi connectivity index (χ1v) is 3.52. The monoisotopic (exact) mass is 200 g/mol. The van der Waals surface area contributed by atoms with Gasteiger partial charge in [0.1, 0.15) is 18.3 Å². The van der Waals surface area contributed by atoms with Crippen LogP contribution in [0.25, 0.3) is 0 Å². The SMILES string of the molecule is O.OC[C@H]1O[C@H](O)[C@H](F)[C@@H](O)[C@@H]1O. The Balaban J connectivity index is 0.00000144. The summed E-state index contributed by atoms with van der Waals surface area (Å²) in [6.07, 6.45) is -8.19. The van der Waals surface area contributed by atoms with Crippen molar-refractivity contribution in [2.45, 2.75) is 30.8 Å². The third-order valence-corrected chi connectivity index (χ3v) is 1.82. The van der Waals surface area contributed by atoms with Crippen LogP contribution in [0.2, 0.25) is 0 Å². The van der Waals surface area contributed by atoms with Crippen LogP contribution in [0.15, 0.2) is 0 Å². The highest BCUT2D eigenvalue weighted by Gasteiger charge is 2.43. The molecule has 0 saturated carbocycles. The third kappa shape index (κ3) is 2.33. The Morgan fingerprint density at radius 3 is 2.15 bits per heavy atom. The van der Waals surface area contributed by atoms with Crippen LogP contribution >= 0.6 is 0 Å². The Morgan fingerprint density at radius 2 is 1.69 bits per heavy atom. The number of aliphatic hydroxyl groups is 4. The number of hydrogen-bond acceptors (Lipinski definition) is 5. The molecule has 0 aromatic rings. The number of hydrogen-bond donors (Lipinski definition) is 4. The van der Waals surface area contributed by atoms with Gasteiger partial charge in [-0.15, -0.1) is 0 Å². The zero-order chi connectivity index (χ0) is 9.30. The van der Waals surface area contributed by atoms with E-state index in [1.165, 1.54) is 0 Å². The number of alkyl halides is 1. The van der Waals surface area contributed by atoms with Crippen molar-refractivity contribution in [2.75, 3.05) is 6.61 Å². The van der Waals surface area contributed by atoms with Crippen molar-refractivity contribution >= 4 is 0 Å². The van der Waals surface area contributed by atoms with E-state index in [2.05, 4.69) is 4.74 Å². The lowest BCUT2D eigenvalue weighted by Crippen LogP contribution is -2.56. The summed E-state index contributed by atoms with van der Waals surface area (Å²) in [5.41, 5.74) is 0. The van der Waals surface area contributed by atoms with Crippen LogP contribution in [0.3, 0.4) is 0 Å². The highest BCUT2D eigenvalue weighted by Crippen LogP contribution is 2.21. The first-order chi connectivity index (χ1) is 5.57. The van der Waals surface area contributed by atoms with Crippen molar-refractivity contribution < 1.29 is 35.0 Å². The summed E-state index contributed by atoms with van der Waals surface area (Å²) in [5, 5.41) is 35.3. The maximum absolute atomic E-state index is 12.7. The topological polar surface area (TPSA) is 122 Å².